The smallest absolute Gasteiger partial charge is 0.211 e. The minimum Gasteiger partial charge on any atom is -0.312 e. The molecule has 3 rings (SSSR count). The lowest BCUT2D eigenvalue weighted by atomic mass is 9.97. The number of rotatable bonds is 6. The van der Waals surface area contributed by atoms with Crippen LogP contribution in [0, 0.1) is 0 Å². The van der Waals surface area contributed by atoms with Crippen molar-refractivity contribution >= 4 is 22.4 Å². The maximum absolute atomic E-state index is 11.9. The number of halogens is 1. The second-order valence-corrected chi connectivity index (χ2v) is 8.29. The summed E-state index contributed by atoms with van der Waals surface area (Å²) in [6, 6.07) is 18.9. The molecule has 0 spiro atoms. The molecule has 1 aliphatic rings. The minimum absolute atomic E-state index is 0. The van der Waals surface area contributed by atoms with Gasteiger partial charge in [-0.25, -0.2) is 13.1 Å². The predicted octanol–water partition coefficient (Wildman–Crippen LogP) is 2.99. The summed E-state index contributed by atoms with van der Waals surface area (Å²) in [5, 5.41) is 3.43. The van der Waals surface area contributed by atoms with E-state index in [9.17, 15) is 8.42 Å². The molecule has 1 fully saturated rings. The summed E-state index contributed by atoms with van der Waals surface area (Å²) in [4.78, 5) is 0. The minimum atomic E-state index is -3.17. The largest absolute Gasteiger partial charge is 0.312 e. The van der Waals surface area contributed by atoms with Crippen LogP contribution in [0.15, 0.2) is 54.6 Å². The van der Waals surface area contributed by atoms with E-state index < -0.39 is 10.0 Å². The van der Waals surface area contributed by atoms with Crippen molar-refractivity contribution in [2.24, 2.45) is 0 Å². The van der Waals surface area contributed by atoms with E-state index in [4.69, 9.17) is 0 Å². The molecule has 0 aliphatic carbocycles. The van der Waals surface area contributed by atoms with Gasteiger partial charge in [-0.15, -0.1) is 12.4 Å². The van der Waals surface area contributed by atoms with Gasteiger partial charge in [-0.2, -0.15) is 0 Å². The molecule has 2 atom stereocenters. The molecule has 0 amide bonds. The Labute approximate surface area is 156 Å². The molecule has 0 radical (unpaired) electrons. The fourth-order valence-electron chi connectivity index (χ4n) is 3.20. The van der Waals surface area contributed by atoms with Gasteiger partial charge >= 0.3 is 0 Å². The summed E-state index contributed by atoms with van der Waals surface area (Å²) in [5.41, 5.74) is 3.61. The third-order valence-electron chi connectivity index (χ3n) is 4.55. The summed E-state index contributed by atoms with van der Waals surface area (Å²) >= 11 is 0. The van der Waals surface area contributed by atoms with Gasteiger partial charge in [-0.05, 0) is 43.0 Å². The van der Waals surface area contributed by atoms with Crippen molar-refractivity contribution < 1.29 is 8.42 Å². The first-order chi connectivity index (χ1) is 11.6. The maximum Gasteiger partial charge on any atom is 0.211 e. The zero-order valence-electron chi connectivity index (χ0n) is 14.3. The van der Waals surface area contributed by atoms with E-state index >= 15 is 0 Å². The van der Waals surface area contributed by atoms with Crippen molar-refractivity contribution in [3.8, 4) is 11.1 Å². The standard InChI is InChI=1S/C19H24N2O2S.ClH/c1-2-24(22,23)21-18-11-12-20-19(18)14-15-7-6-10-17(13-15)16-8-4-3-5-9-16;/h3-10,13,18-21H,2,11-12,14H2,1H3;1H/t18-,19-;/m0./s1. The van der Waals surface area contributed by atoms with Crippen LogP contribution < -0.4 is 10.0 Å². The molecule has 0 unspecified atom stereocenters. The summed E-state index contributed by atoms with van der Waals surface area (Å²) in [6.07, 6.45) is 1.65. The van der Waals surface area contributed by atoms with Crippen LogP contribution >= 0.6 is 12.4 Å². The number of nitrogens with one attached hydrogen (secondary N) is 2. The normalized spacial score (nSPS) is 20.2. The van der Waals surface area contributed by atoms with Gasteiger partial charge in [0.15, 0.2) is 0 Å². The van der Waals surface area contributed by atoms with Gasteiger partial charge in [-0.3, -0.25) is 0 Å². The fraction of sp³-hybridized carbons (Fsp3) is 0.368. The van der Waals surface area contributed by atoms with Gasteiger partial charge in [0.25, 0.3) is 0 Å². The first kappa shape index (κ1) is 19.9. The van der Waals surface area contributed by atoms with Gasteiger partial charge in [0.05, 0.1) is 5.75 Å². The van der Waals surface area contributed by atoms with Gasteiger partial charge < -0.3 is 5.32 Å². The van der Waals surface area contributed by atoms with Crippen LogP contribution in [0.4, 0.5) is 0 Å². The van der Waals surface area contributed by atoms with Crippen LogP contribution in [0.5, 0.6) is 0 Å². The summed E-state index contributed by atoms with van der Waals surface area (Å²) < 4.78 is 26.5. The number of sulfonamides is 1. The van der Waals surface area contributed by atoms with Gasteiger partial charge in [-0.1, -0.05) is 54.6 Å². The van der Waals surface area contributed by atoms with E-state index in [1.54, 1.807) is 6.92 Å². The molecular formula is C19H25ClN2O2S. The van der Waals surface area contributed by atoms with Gasteiger partial charge in [0.1, 0.15) is 0 Å². The Hall–Kier alpha value is -1.40. The average molecular weight is 381 g/mol. The third kappa shape index (κ3) is 5.28. The quantitative estimate of drug-likeness (QED) is 0.809. The fourth-order valence-corrected chi connectivity index (χ4v) is 4.11. The van der Waals surface area contributed by atoms with Crippen LogP contribution in [0.3, 0.4) is 0 Å². The Morgan fingerprint density at radius 3 is 2.52 bits per heavy atom. The topological polar surface area (TPSA) is 58.2 Å². The molecular weight excluding hydrogens is 356 g/mol. The Bertz CT molecular complexity index is 781. The molecule has 1 heterocycles. The zero-order valence-corrected chi connectivity index (χ0v) is 15.9. The maximum atomic E-state index is 11.9. The molecule has 2 aromatic rings. The predicted molar refractivity (Wildman–Crippen MR) is 106 cm³/mol. The summed E-state index contributed by atoms with van der Waals surface area (Å²) in [7, 11) is -3.17. The molecule has 1 aliphatic heterocycles. The Morgan fingerprint density at radius 2 is 1.80 bits per heavy atom. The Balaban J connectivity index is 0.00000225. The number of benzene rings is 2. The van der Waals surface area contributed by atoms with Crippen LogP contribution in [-0.4, -0.2) is 32.8 Å². The van der Waals surface area contributed by atoms with Crippen LogP contribution in [0.1, 0.15) is 18.9 Å². The summed E-state index contributed by atoms with van der Waals surface area (Å²) in [6.45, 7) is 2.52. The van der Waals surface area contributed by atoms with Crippen LogP contribution in [-0.2, 0) is 16.4 Å². The van der Waals surface area contributed by atoms with E-state index in [1.807, 2.05) is 18.2 Å². The first-order valence-corrected chi connectivity index (χ1v) is 10.1. The average Bonchev–Trinajstić information content (AvgIpc) is 3.02. The van der Waals surface area contributed by atoms with Crippen molar-refractivity contribution in [3.05, 3.63) is 60.2 Å². The van der Waals surface area contributed by atoms with E-state index in [-0.39, 0.29) is 30.2 Å². The highest BCUT2D eigenvalue weighted by Crippen LogP contribution is 2.22. The highest BCUT2D eigenvalue weighted by Gasteiger charge is 2.29. The lowest BCUT2D eigenvalue weighted by Crippen LogP contribution is -2.45. The number of hydrogen-bond donors (Lipinski definition) is 2. The van der Waals surface area contributed by atoms with Crippen molar-refractivity contribution in [2.75, 3.05) is 12.3 Å². The molecule has 2 aromatic carbocycles. The molecule has 2 N–H and O–H groups in total. The number of hydrogen-bond acceptors (Lipinski definition) is 3. The van der Waals surface area contributed by atoms with Gasteiger partial charge in [0.2, 0.25) is 10.0 Å². The highest BCUT2D eigenvalue weighted by atomic mass is 35.5. The molecule has 1 saturated heterocycles. The summed E-state index contributed by atoms with van der Waals surface area (Å²) in [5.74, 6) is 0.125. The van der Waals surface area contributed by atoms with E-state index in [1.165, 1.54) is 16.7 Å². The van der Waals surface area contributed by atoms with Crippen LogP contribution in [0.25, 0.3) is 11.1 Å². The molecule has 0 bridgehead atoms. The van der Waals surface area contributed by atoms with Crippen LogP contribution in [0.2, 0.25) is 0 Å². The monoisotopic (exact) mass is 380 g/mol. The Morgan fingerprint density at radius 1 is 1.08 bits per heavy atom. The van der Waals surface area contributed by atoms with Crippen molar-refractivity contribution in [1.29, 1.82) is 0 Å². The second kappa shape index (κ2) is 8.81. The van der Waals surface area contributed by atoms with E-state index in [2.05, 4.69) is 46.4 Å². The first-order valence-electron chi connectivity index (χ1n) is 8.45. The molecule has 6 heteroatoms. The van der Waals surface area contributed by atoms with Crippen molar-refractivity contribution in [3.63, 3.8) is 0 Å². The van der Waals surface area contributed by atoms with Crippen molar-refractivity contribution in [1.82, 2.24) is 10.0 Å². The van der Waals surface area contributed by atoms with Gasteiger partial charge in [0, 0.05) is 12.1 Å². The van der Waals surface area contributed by atoms with E-state index in [0.29, 0.717) is 0 Å². The highest BCUT2D eigenvalue weighted by molar-refractivity contribution is 7.89. The zero-order chi connectivity index (χ0) is 17.0. The molecule has 136 valence electrons. The molecule has 25 heavy (non-hydrogen) atoms. The molecule has 0 saturated carbocycles. The SMILES string of the molecule is CCS(=O)(=O)N[C@H]1CCN[C@H]1Cc1cccc(-c2ccccc2)c1.Cl. The van der Waals surface area contributed by atoms with Crippen molar-refractivity contribution in [2.45, 2.75) is 31.8 Å². The second-order valence-electron chi connectivity index (χ2n) is 6.25. The molecule has 4 nitrogen and oxygen atoms in total. The Kier molecular flexibility index (Phi) is 7.02. The van der Waals surface area contributed by atoms with E-state index in [0.717, 1.165) is 19.4 Å². The molecule has 0 aromatic heterocycles. The lowest BCUT2D eigenvalue weighted by Gasteiger charge is -2.21. The third-order valence-corrected chi connectivity index (χ3v) is 5.97. The lowest BCUT2D eigenvalue weighted by molar-refractivity contribution is 0.492.